The summed E-state index contributed by atoms with van der Waals surface area (Å²) in [7, 11) is 0. The maximum Gasteiger partial charge on any atom is 0.433 e. The van der Waals surface area contributed by atoms with Crippen LogP contribution in [0.3, 0.4) is 0 Å². The van der Waals surface area contributed by atoms with E-state index in [0.29, 0.717) is 6.54 Å². The minimum absolute atomic E-state index is 0.0106. The van der Waals surface area contributed by atoms with Crippen LogP contribution >= 0.6 is 0 Å². The Morgan fingerprint density at radius 2 is 2.21 bits per heavy atom. The van der Waals surface area contributed by atoms with E-state index in [1.54, 1.807) is 0 Å². The van der Waals surface area contributed by atoms with Crippen molar-refractivity contribution in [1.82, 2.24) is 10.3 Å². The summed E-state index contributed by atoms with van der Waals surface area (Å²) in [5.74, 6) is -0.0106. The van der Waals surface area contributed by atoms with Gasteiger partial charge in [0.25, 0.3) is 0 Å². The first-order valence-electron chi connectivity index (χ1n) is 5.81. The molecule has 4 nitrogen and oxygen atoms in total. The van der Waals surface area contributed by atoms with E-state index in [-0.39, 0.29) is 16.9 Å². The molecule has 1 unspecified atom stereocenters. The largest absolute Gasteiger partial charge is 0.433 e. The quantitative estimate of drug-likeness (QED) is 0.864. The predicted octanol–water partition coefficient (Wildman–Crippen LogP) is 2.14. The molecule has 102 valence electrons. The second-order valence-corrected chi connectivity index (χ2v) is 4.81. The molecule has 1 aromatic rings. The maximum atomic E-state index is 12.6. The van der Waals surface area contributed by atoms with Crippen molar-refractivity contribution in [2.24, 2.45) is 0 Å². The number of hydrogen-bond acceptors (Lipinski definition) is 4. The second kappa shape index (κ2) is 4.70. The Morgan fingerprint density at radius 3 is 2.74 bits per heavy atom. The molecule has 0 aromatic carbocycles. The Balaban J connectivity index is 2.34. The third-order valence-electron chi connectivity index (χ3n) is 3.10. The van der Waals surface area contributed by atoms with Gasteiger partial charge in [0.15, 0.2) is 0 Å². The number of anilines is 1. The van der Waals surface area contributed by atoms with Crippen molar-refractivity contribution < 1.29 is 13.2 Å². The Hall–Kier alpha value is -1.81. The molecule has 0 spiro atoms. The summed E-state index contributed by atoms with van der Waals surface area (Å²) >= 11 is 0. The number of rotatable bonds is 2. The molecule has 1 aromatic heterocycles. The number of nitrogens with zero attached hydrogens (tertiary/aromatic N) is 2. The highest BCUT2D eigenvalue weighted by Gasteiger charge is 2.34. The van der Waals surface area contributed by atoms with Crippen molar-refractivity contribution >= 4 is 5.82 Å². The molecular weight excluding hydrogens is 257 g/mol. The molecule has 2 heterocycles. The predicted molar refractivity (Wildman–Crippen MR) is 63.5 cm³/mol. The van der Waals surface area contributed by atoms with Gasteiger partial charge < -0.3 is 10.6 Å². The first-order chi connectivity index (χ1) is 8.84. The molecule has 1 atom stereocenters. The summed E-state index contributed by atoms with van der Waals surface area (Å²) in [6.07, 6.45) is -3.75. The number of alkyl halides is 3. The summed E-state index contributed by atoms with van der Waals surface area (Å²) < 4.78 is 37.9. The van der Waals surface area contributed by atoms with Crippen molar-refractivity contribution in [1.29, 1.82) is 5.26 Å². The van der Waals surface area contributed by atoms with Crippen LogP contribution in [0.5, 0.6) is 0 Å². The lowest BCUT2D eigenvalue weighted by atomic mass is 10.0. The van der Waals surface area contributed by atoms with Gasteiger partial charge in [-0.15, -0.1) is 0 Å². The fraction of sp³-hybridized carbons (Fsp3) is 0.500. The molecule has 0 saturated carbocycles. The number of pyridine rings is 1. The van der Waals surface area contributed by atoms with Crippen LogP contribution in [0.1, 0.15) is 24.6 Å². The van der Waals surface area contributed by atoms with Gasteiger partial charge in [-0.25, -0.2) is 4.98 Å². The Kier molecular flexibility index (Phi) is 3.37. The molecule has 19 heavy (non-hydrogen) atoms. The molecule has 0 bridgehead atoms. The fourth-order valence-electron chi connectivity index (χ4n) is 2.01. The summed E-state index contributed by atoms with van der Waals surface area (Å²) in [6.45, 7) is 3.29. The third kappa shape index (κ3) is 2.96. The van der Waals surface area contributed by atoms with Crippen molar-refractivity contribution in [3.8, 4) is 6.07 Å². The van der Waals surface area contributed by atoms with E-state index in [2.05, 4.69) is 15.6 Å². The average Bonchev–Trinajstić information content (AvgIpc) is 2.74. The van der Waals surface area contributed by atoms with E-state index >= 15 is 0 Å². The maximum absolute atomic E-state index is 12.6. The number of halogens is 3. The van der Waals surface area contributed by atoms with Crippen LogP contribution in [-0.2, 0) is 6.18 Å². The topological polar surface area (TPSA) is 60.7 Å². The van der Waals surface area contributed by atoms with E-state index in [4.69, 9.17) is 5.26 Å². The molecule has 1 aliphatic heterocycles. The van der Waals surface area contributed by atoms with Crippen molar-refractivity contribution in [2.45, 2.75) is 25.1 Å². The summed E-state index contributed by atoms with van der Waals surface area (Å²) in [5.41, 5.74) is -1.27. The van der Waals surface area contributed by atoms with Crippen LogP contribution in [0.4, 0.5) is 19.0 Å². The Labute approximate surface area is 108 Å². The van der Waals surface area contributed by atoms with E-state index in [1.165, 1.54) is 0 Å². The van der Waals surface area contributed by atoms with Crippen molar-refractivity contribution in [2.75, 3.05) is 18.4 Å². The molecule has 0 aliphatic carbocycles. The lowest BCUT2D eigenvalue weighted by molar-refractivity contribution is -0.141. The number of aromatic nitrogens is 1. The van der Waals surface area contributed by atoms with Crippen LogP contribution in [0.25, 0.3) is 0 Å². The SMILES string of the molecule is CC1(Nc2nc(C(F)(F)F)ccc2C#N)CCNC1. The molecule has 2 rings (SSSR count). The summed E-state index contributed by atoms with van der Waals surface area (Å²) in [4.78, 5) is 3.54. The smallest absolute Gasteiger partial charge is 0.362 e. The highest BCUT2D eigenvalue weighted by molar-refractivity contribution is 5.54. The van der Waals surface area contributed by atoms with Crippen molar-refractivity contribution in [3.05, 3.63) is 23.4 Å². The molecule has 0 radical (unpaired) electrons. The second-order valence-electron chi connectivity index (χ2n) is 4.81. The Bertz CT molecular complexity index is 513. The normalized spacial score (nSPS) is 23.1. The van der Waals surface area contributed by atoms with E-state index in [9.17, 15) is 13.2 Å². The van der Waals surface area contributed by atoms with Crippen LogP contribution in [-0.4, -0.2) is 23.6 Å². The van der Waals surface area contributed by atoms with E-state index in [0.717, 1.165) is 25.1 Å². The highest BCUT2D eigenvalue weighted by atomic mass is 19.4. The van der Waals surface area contributed by atoms with Crippen molar-refractivity contribution in [3.63, 3.8) is 0 Å². The van der Waals surface area contributed by atoms with Crippen LogP contribution in [0.15, 0.2) is 12.1 Å². The van der Waals surface area contributed by atoms with Gasteiger partial charge in [0.2, 0.25) is 0 Å². The van der Waals surface area contributed by atoms with Gasteiger partial charge in [0.1, 0.15) is 17.6 Å². The molecule has 1 saturated heterocycles. The summed E-state index contributed by atoms with van der Waals surface area (Å²) in [6, 6.07) is 3.81. The van der Waals surface area contributed by atoms with Gasteiger partial charge in [-0.3, -0.25) is 0 Å². The van der Waals surface area contributed by atoms with Gasteiger partial charge in [-0.2, -0.15) is 18.4 Å². The lowest BCUT2D eigenvalue weighted by Crippen LogP contribution is -2.37. The van der Waals surface area contributed by atoms with Gasteiger partial charge in [0.05, 0.1) is 5.56 Å². The molecule has 0 amide bonds. The standard InChI is InChI=1S/C12H13F3N4/c1-11(4-5-17-7-11)19-10-8(6-16)2-3-9(18-10)12(13,14)15/h2-3,17H,4-5,7H2,1H3,(H,18,19). The molecule has 1 aliphatic rings. The van der Waals surface area contributed by atoms with E-state index in [1.807, 2.05) is 13.0 Å². The van der Waals surface area contributed by atoms with Gasteiger partial charge in [0, 0.05) is 12.1 Å². The number of nitrogens with one attached hydrogen (secondary N) is 2. The minimum Gasteiger partial charge on any atom is -0.362 e. The fourth-order valence-corrected chi connectivity index (χ4v) is 2.01. The van der Waals surface area contributed by atoms with Crippen LogP contribution in [0.2, 0.25) is 0 Å². The molecule has 1 fully saturated rings. The average molecular weight is 270 g/mol. The van der Waals surface area contributed by atoms with Gasteiger partial charge >= 0.3 is 6.18 Å². The van der Waals surface area contributed by atoms with Gasteiger partial charge in [-0.05, 0) is 32.0 Å². The molecule has 7 heteroatoms. The molecule has 2 N–H and O–H groups in total. The number of nitriles is 1. The number of hydrogen-bond donors (Lipinski definition) is 2. The zero-order chi connectivity index (χ0) is 14.1. The highest BCUT2D eigenvalue weighted by Crippen LogP contribution is 2.30. The van der Waals surface area contributed by atoms with Crippen LogP contribution < -0.4 is 10.6 Å². The first-order valence-corrected chi connectivity index (χ1v) is 5.81. The molecular formula is C12H13F3N4. The van der Waals surface area contributed by atoms with Gasteiger partial charge in [-0.1, -0.05) is 0 Å². The van der Waals surface area contributed by atoms with Crippen LogP contribution in [0, 0.1) is 11.3 Å². The monoisotopic (exact) mass is 270 g/mol. The summed E-state index contributed by atoms with van der Waals surface area (Å²) in [5, 5.41) is 15.0. The Morgan fingerprint density at radius 1 is 1.47 bits per heavy atom. The first kappa shape index (κ1) is 13.6. The zero-order valence-corrected chi connectivity index (χ0v) is 10.3. The lowest BCUT2D eigenvalue weighted by Gasteiger charge is -2.26. The van der Waals surface area contributed by atoms with E-state index < -0.39 is 11.9 Å². The zero-order valence-electron chi connectivity index (χ0n) is 10.3. The minimum atomic E-state index is -4.51. The third-order valence-corrected chi connectivity index (χ3v) is 3.10.